The zero-order chi connectivity index (χ0) is 22.7. The molecule has 30 heavy (non-hydrogen) atoms. The molecule has 11 heteroatoms. The maximum absolute atomic E-state index is 13.2. The van der Waals surface area contributed by atoms with Crippen molar-refractivity contribution in [1.82, 2.24) is 9.80 Å². The highest BCUT2D eigenvalue weighted by Crippen LogP contribution is 2.37. The first-order valence-corrected chi connectivity index (χ1v) is 9.24. The van der Waals surface area contributed by atoms with Crippen LogP contribution in [0.4, 0.5) is 26.3 Å². The number of hydrogen-bond donors (Lipinski definition) is 1. The SMILES string of the molecule is C/C=N\C(=N)N(Cc1cc(C(F)(F)F)cc(C(F)(F)F)c1)[C@H]1C[C@@H](CC)N(C=O)C1. The molecule has 0 spiro atoms. The lowest BCUT2D eigenvalue weighted by Crippen LogP contribution is -2.40. The number of amides is 1. The Balaban J connectivity index is 2.45. The molecule has 1 aliphatic heterocycles. The van der Waals surface area contributed by atoms with Crippen LogP contribution in [0.25, 0.3) is 0 Å². The quantitative estimate of drug-likeness (QED) is 0.318. The number of halogens is 6. The molecular formula is C19H22F6N4O. The first-order valence-electron chi connectivity index (χ1n) is 9.24. The van der Waals surface area contributed by atoms with Crippen LogP contribution in [0, 0.1) is 5.41 Å². The Morgan fingerprint density at radius 2 is 1.77 bits per heavy atom. The molecular weight excluding hydrogens is 414 g/mol. The van der Waals surface area contributed by atoms with Crippen molar-refractivity contribution in [2.75, 3.05) is 6.54 Å². The molecule has 0 aromatic heterocycles. The van der Waals surface area contributed by atoms with Crippen LogP contribution in [-0.4, -0.2) is 47.0 Å². The molecule has 166 valence electrons. The third-order valence-corrected chi connectivity index (χ3v) is 5.01. The minimum Gasteiger partial charge on any atom is -0.340 e. The van der Waals surface area contributed by atoms with E-state index in [1.165, 1.54) is 16.0 Å². The second kappa shape index (κ2) is 9.05. The van der Waals surface area contributed by atoms with Crippen molar-refractivity contribution in [2.24, 2.45) is 4.99 Å². The van der Waals surface area contributed by atoms with Gasteiger partial charge in [0, 0.05) is 25.3 Å². The molecule has 1 aliphatic rings. The van der Waals surface area contributed by atoms with E-state index >= 15 is 0 Å². The first kappa shape index (κ1) is 23.7. The second-order valence-electron chi connectivity index (χ2n) is 7.01. The topological polar surface area (TPSA) is 59.8 Å². The predicted octanol–water partition coefficient (Wildman–Crippen LogP) is 4.56. The van der Waals surface area contributed by atoms with Gasteiger partial charge >= 0.3 is 12.4 Å². The number of benzene rings is 1. The molecule has 1 N–H and O–H groups in total. The fourth-order valence-corrected chi connectivity index (χ4v) is 3.55. The Morgan fingerprint density at radius 3 is 2.17 bits per heavy atom. The summed E-state index contributed by atoms with van der Waals surface area (Å²) in [5.41, 5.74) is -3.07. The van der Waals surface area contributed by atoms with Gasteiger partial charge in [-0.15, -0.1) is 0 Å². The number of guanidine groups is 1. The average molecular weight is 436 g/mol. The van der Waals surface area contributed by atoms with E-state index < -0.39 is 29.5 Å². The zero-order valence-electron chi connectivity index (χ0n) is 16.4. The molecule has 1 aromatic carbocycles. The molecule has 1 saturated heterocycles. The van der Waals surface area contributed by atoms with Crippen LogP contribution in [0.5, 0.6) is 0 Å². The predicted molar refractivity (Wildman–Crippen MR) is 99.1 cm³/mol. The van der Waals surface area contributed by atoms with E-state index in [0.29, 0.717) is 31.4 Å². The Hall–Kier alpha value is -2.59. The van der Waals surface area contributed by atoms with Gasteiger partial charge in [-0.3, -0.25) is 10.2 Å². The summed E-state index contributed by atoms with van der Waals surface area (Å²) in [6.45, 7) is 3.23. The van der Waals surface area contributed by atoms with Gasteiger partial charge in [0.2, 0.25) is 12.4 Å². The monoisotopic (exact) mass is 436 g/mol. The molecule has 0 saturated carbocycles. The van der Waals surface area contributed by atoms with Crippen molar-refractivity contribution in [1.29, 1.82) is 5.41 Å². The number of carbonyl (C=O) groups is 1. The summed E-state index contributed by atoms with van der Waals surface area (Å²) in [6.07, 6.45) is -6.87. The molecule has 1 heterocycles. The minimum absolute atomic E-state index is 0.0696. The summed E-state index contributed by atoms with van der Waals surface area (Å²) in [4.78, 5) is 18.0. The van der Waals surface area contributed by atoms with Crippen molar-refractivity contribution in [3.05, 3.63) is 34.9 Å². The van der Waals surface area contributed by atoms with E-state index in [2.05, 4.69) is 4.99 Å². The van der Waals surface area contributed by atoms with Gasteiger partial charge in [-0.2, -0.15) is 26.3 Å². The second-order valence-corrected chi connectivity index (χ2v) is 7.01. The maximum Gasteiger partial charge on any atom is 0.416 e. The van der Waals surface area contributed by atoms with E-state index in [-0.39, 0.29) is 36.7 Å². The van der Waals surface area contributed by atoms with Crippen LogP contribution in [0.2, 0.25) is 0 Å². The molecule has 0 radical (unpaired) electrons. The molecule has 1 amide bonds. The van der Waals surface area contributed by atoms with Gasteiger partial charge in [-0.05, 0) is 43.5 Å². The summed E-state index contributed by atoms with van der Waals surface area (Å²) < 4.78 is 78.9. The third kappa shape index (κ3) is 5.51. The number of nitrogens with one attached hydrogen (secondary N) is 1. The molecule has 5 nitrogen and oxygen atoms in total. The molecule has 0 bridgehead atoms. The van der Waals surface area contributed by atoms with E-state index in [0.717, 1.165) is 0 Å². The standard InChI is InChI=1S/C19H22F6N4O/c1-3-15-8-16(10-28(15)11-30)29(17(26)27-4-2)9-12-5-13(18(20,21)22)7-14(6-12)19(23,24)25/h4-7,11,15-16,26H,3,8-10H2,1-2H3/b26-17?,27-4-/t15-,16+/m1/s1. The van der Waals surface area contributed by atoms with Crippen LogP contribution in [0.15, 0.2) is 23.2 Å². The Morgan fingerprint density at radius 1 is 1.20 bits per heavy atom. The summed E-state index contributed by atoms with van der Waals surface area (Å²) in [5, 5.41) is 8.14. The van der Waals surface area contributed by atoms with Crippen LogP contribution in [0.3, 0.4) is 0 Å². The highest BCUT2D eigenvalue weighted by molar-refractivity contribution is 5.85. The number of hydrogen-bond acceptors (Lipinski definition) is 2. The van der Waals surface area contributed by atoms with E-state index in [9.17, 15) is 31.1 Å². The summed E-state index contributed by atoms with van der Waals surface area (Å²) in [7, 11) is 0. The van der Waals surface area contributed by atoms with Crippen LogP contribution >= 0.6 is 0 Å². The highest BCUT2D eigenvalue weighted by atomic mass is 19.4. The molecule has 2 rings (SSSR count). The number of aliphatic imine (C=N–C) groups is 1. The Labute approximate surface area is 169 Å². The number of rotatable bonds is 5. The molecule has 1 aromatic rings. The van der Waals surface area contributed by atoms with E-state index in [1.54, 1.807) is 6.92 Å². The van der Waals surface area contributed by atoms with Gasteiger partial charge in [-0.1, -0.05) is 6.92 Å². The fraction of sp³-hybridized carbons (Fsp3) is 0.526. The Kier molecular flexibility index (Phi) is 7.14. The first-order chi connectivity index (χ1) is 13.9. The normalized spacial score (nSPS) is 20.1. The van der Waals surface area contributed by atoms with Gasteiger partial charge in [0.15, 0.2) is 0 Å². The summed E-state index contributed by atoms with van der Waals surface area (Å²) in [5.74, 6) is -0.295. The van der Waals surface area contributed by atoms with Crippen molar-refractivity contribution < 1.29 is 31.1 Å². The summed E-state index contributed by atoms with van der Waals surface area (Å²) >= 11 is 0. The van der Waals surface area contributed by atoms with Crippen molar-refractivity contribution in [3.8, 4) is 0 Å². The molecule has 0 aliphatic carbocycles. The number of likely N-dealkylation sites (tertiary alicyclic amines) is 1. The molecule has 0 unspecified atom stereocenters. The summed E-state index contributed by atoms with van der Waals surface area (Å²) in [6, 6.07) is 0.783. The highest BCUT2D eigenvalue weighted by Gasteiger charge is 2.38. The average Bonchev–Trinajstić information content (AvgIpc) is 3.07. The van der Waals surface area contributed by atoms with Crippen LogP contribution in [-0.2, 0) is 23.7 Å². The van der Waals surface area contributed by atoms with Gasteiger partial charge < -0.3 is 9.80 Å². The maximum atomic E-state index is 13.2. The van der Waals surface area contributed by atoms with Crippen LogP contribution < -0.4 is 0 Å². The van der Waals surface area contributed by atoms with Gasteiger partial charge in [0.05, 0.1) is 17.2 Å². The Bertz CT molecular complexity index is 773. The van der Waals surface area contributed by atoms with Crippen molar-refractivity contribution >= 4 is 18.6 Å². The fourth-order valence-electron chi connectivity index (χ4n) is 3.55. The van der Waals surface area contributed by atoms with Gasteiger partial charge in [-0.25, -0.2) is 4.99 Å². The van der Waals surface area contributed by atoms with Gasteiger partial charge in [0.1, 0.15) is 0 Å². The lowest BCUT2D eigenvalue weighted by molar-refractivity contribution is -0.143. The van der Waals surface area contributed by atoms with Crippen molar-refractivity contribution in [3.63, 3.8) is 0 Å². The zero-order valence-corrected chi connectivity index (χ0v) is 16.4. The third-order valence-electron chi connectivity index (χ3n) is 5.01. The number of carbonyl (C=O) groups excluding carboxylic acids is 1. The van der Waals surface area contributed by atoms with Gasteiger partial charge in [0.25, 0.3) is 0 Å². The lowest BCUT2D eigenvalue weighted by Gasteiger charge is -2.29. The smallest absolute Gasteiger partial charge is 0.340 e. The minimum atomic E-state index is -4.95. The van der Waals surface area contributed by atoms with Crippen LogP contribution in [0.1, 0.15) is 43.4 Å². The largest absolute Gasteiger partial charge is 0.416 e. The van der Waals surface area contributed by atoms with Crippen molar-refractivity contribution in [2.45, 2.75) is 57.7 Å². The molecule has 1 fully saturated rings. The lowest BCUT2D eigenvalue weighted by atomic mass is 10.0. The number of alkyl halides is 6. The van der Waals surface area contributed by atoms with E-state index in [1.807, 2.05) is 6.92 Å². The molecule has 2 atom stereocenters. The number of nitrogens with zero attached hydrogens (tertiary/aromatic N) is 3. The van der Waals surface area contributed by atoms with E-state index in [4.69, 9.17) is 5.41 Å².